The number of benzene rings is 1. The van der Waals surface area contributed by atoms with E-state index in [1.807, 2.05) is 0 Å². The molecular weight excluding hydrogens is 282 g/mol. The maximum atomic E-state index is 12.9. The van der Waals surface area contributed by atoms with E-state index in [9.17, 15) is 8.78 Å². The Morgan fingerprint density at radius 1 is 1.24 bits per heavy atom. The highest BCUT2D eigenvalue weighted by Crippen LogP contribution is 2.40. The van der Waals surface area contributed by atoms with Crippen LogP contribution < -0.4 is 9.47 Å². The van der Waals surface area contributed by atoms with Crippen LogP contribution >= 0.6 is 0 Å². The first-order valence-corrected chi connectivity index (χ1v) is 6.74. The molecule has 1 fully saturated rings. The van der Waals surface area contributed by atoms with Crippen molar-refractivity contribution in [2.45, 2.75) is 31.8 Å². The lowest BCUT2D eigenvalue weighted by atomic mass is 10.2. The summed E-state index contributed by atoms with van der Waals surface area (Å²) in [6.45, 7) is 0.948. The largest absolute Gasteiger partial charge is 0.586 e. The van der Waals surface area contributed by atoms with Gasteiger partial charge in [-0.3, -0.25) is 0 Å². The van der Waals surface area contributed by atoms with Crippen LogP contribution in [0.4, 0.5) is 8.78 Å². The Kier molecular flexibility index (Phi) is 3.95. The van der Waals surface area contributed by atoms with E-state index < -0.39 is 6.29 Å². The van der Waals surface area contributed by atoms with Crippen LogP contribution in [0.2, 0.25) is 0 Å². The lowest BCUT2D eigenvalue weighted by Crippen LogP contribution is -2.25. The standard InChI is InChI=1S/C15H14F2O4/c16-15(17)20-12-7-6-11(10-13(12)21-15)4-3-9-19-14-5-1-2-8-18-14/h6-7,10,14H,1-2,5,8-9H2. The van der Waals surface area contributed by atoms with Gasteiger partial charge in [0.25, 0.3) is 0 Å². The summed E-state index contributed by atoms with van der Waals surface area (Å²) in [6.07, 6.45) is -0.762. The summed E-state index contributed by atoms with van der Waals surface area (Å²) in [6, 6.07) is 4.42. The van der Waals surface area contributed by atoms with Crippen molar-refractivity contribution in [1.82, 2.24) is 0 Å². The van der Waals surface area contributed by atoms with Crippen molar-refractivity contribution in [3.63, 3.8) is 0 Å². The number of alkyl halides is 2. The van der Waals surface area contributed by atoms with Crippen LogP contribution in [-0.4, -0.2) is 25.8 Å². The van der Waals surface area contributed by atoms with Crippen molar-refractivity contribution in [3.05, 3.63) is 23.8 Å². The molecule has 1 aromatic rings. The maximum absolute atomic E-state index is 12.9. The van der Waals surface area contributed by atoms with E-state index in [0.717, 1.165) is 19.3 Å². The second-order valence-corrected chi connectivity index (χ2v) is 4.74. The van der Waals surface area contributed by atoms with Gasteiger partial charge in [0.1, 0.15) is 6.61 Å². The molecule has 112 valence electrons. The van der Waals surface area contributed by atoms with Gasteiger partial charge in [0.2, 0.25) is 0 Å². The fourth-order valence-corrected chi connectivity index (χ4v) is 2.14. The highest BCUT2D eigenvalue weighted by atomic mass is 19.3. The molecule has 0 radical (unpaired) electrons. The Morgan fingerprint density at radius 3 is 2.90 bits per heavy atom. The molecule has 1 atom stereocenters. The molecule has 0 N–H and O–H groups in total. The first-order valence-electron chi connectivity index (χ1n) is 6.74. The normalized spacial score (nSPS) is 22.5. The minimum absolute atomic E-state index is 0.0108. The minimum atomic E-state index is -3.60. The molecule has 21 heavy (non-hydrogen) atoms. The topological polar surface area (TPSA) is 36.9 Å². The third kappa shape index (κ3) is 3.63. The number of rotatable bonds is 2. The summed E-state index contributed by atoms with van der Waals surface area (Å²) in [5, 5.41) is 0. The second kappa shape index (κ2) is 5.88. The third-order valence-corrected chi connectivity index (χ3v) is 3.11. The molecule has 1 saturated heterocycles. The second-order valence-electron chi connectivity index (χ2n) is 4.74. The smallest absolute Gasteiger partial charge is 0.395 e. The summed E-state index contributed by atoms with van der Waals surface area (Å²) in [5.74, 6) is 5.66. The first-order chi connectivity index (χ1) is 10.1. The lowest BCUT2D eigenvalue weighted by Gasteiger charge is -2.21. The van der Waals surface area contributed by atoms with E-state index in [1.54, 1.807) is 6.07 Å². The van der Waals surface area contributed by atoms with E-state index in [2.05, 4.69) is 21.3 Å². The average Bonchev–Trinajstić information content (AvgIpc) is 2.78. The van der Waals surface area contributed by atoms with E-state index in [-0.39, 0.29) is 24.4 Å². The molecule has 2 aliphatic heterocycles. The average molecular weight is 296 g/mol. The Bertz CT molecular complexity index is 571. The fraction of sp³-hybridized carbons (Fsp3) is 0.467. The van der Waals surface area contributed by atoms with Crippen LogP contribution in [-0.2, 0) is 9.47 Å². The molecule has 0 bridgehead atoms. The summed E-state index contributed by atoms with van der Waals surface area (Å²) in [7, 11) is 0. The van der Waals surface area contributed by atoms with Gasteiger partial charge in [0, 0.05) is 18.2 Å². The molecule has 2 heterocycles. The Hall–Kier alpha value is -1.84. The third-order valence-electron chi connectivity index (χ3n) is 3.11. The predicted molar refractivity (Wildman–Crippen MR) is 69.1 cm³/mol. The van der Waals surface area contributed by atoms with Crippen LogP contribution in [0.15, 0.2) is 18.2 Å². The van der Waals surface area contributed by atoms with Gasteiger partial charge in [-0.1, -0.05) is 11.8 Å². The molecule has 1 unspecified atom stereocenters. The quantitative estimate of drug-likeness (QED) is 0.786. The van der Waals surface area contributed by atoms with Gasteiger partial charge < -0.3 is 18.9 Å². The maximum Gasteiger partial charge on any atom is 0.586 e. The Labute approximate surface area is 120 Å². The summed E-state index contributed by atoms with van der Waals surface area (Å²) < 4.78 is 45.3. The van der Waals surface area contributed by atoms with Crippen LogP contribution in [0.25, 0.3) is 0 Å². The number of hydrogen-bond donors (Lipinski definition) is 0. The van der Waals surface area contributed by atoms with Crippen molar-refractivity contribution in [3.8, 4) is 23.3 Å². The highest BCUT2D eigenvalue weighted by Gasteiger charge is 2.43. The number of ether oxygens (including phenoxy) is 4. The van der Waals surface area contributed by atoms with Crippen LogP contribution in [0.1, 0.15) is 24.8 Å². The van der Waals surface area contributed by atoms with Crippen molar-refractivity contribution < 1.29 is 27.7 Å². The van der Waals surface area contributed by atoms with Crippen LogP contribution in [0, 0.1) is 11.8 Å². The van der Waals surface area contributed by atoms with E-state index in [1.165, 1.54) is 12.1 Å². The van der Waals surface area contributed by atoms with Crippen molar-refractivity contribution in [2.24, 2.45) is 0 Å². The minimum Gasteiger partial charge on any atom is -0.395 e. The van der Waals surface area contributed by atoms with Gasteiger partial charge in [-0.2, -0.15) is 0 Å². The van der Waals surface area contributed by atoms with Gasteiger partial charge in [-0.25, -0.2) is 0 Å². The van der Waals surface area contributed by atoms with E-state index >= 15 is 0 Å². The van der Waals surface area contributed by atoms with Gasteiger partial charge in [-0.05, 0) is 31.4 Å². The van der Waals surface area contributed by atoms with Gasteiger partial charge in [0.05, 0.1) is 0 Å². The van der Waals surface area contributed by atoms with Crippen LogP contribution in [0.5, 0.6) is 11.5 Å². The van der Waals surface area contributed by atoms with Crippen molar-refractivity contribution in [2.75, 3.05) is 13.2 Å². The SMILES string of the molecule is FC1(F)Oc2ccc(C#CCOC3CCCCO3)cc2O1. The summed E-state index contributed by atoms with van der Waals surface area (Å²) in [4.78, 5) is 0. The molecule has 4 nitrogen and oxygen atoms in total. The van der Waals surface area contributed by atoms with Gasteiger partial charge in [0.15, 0.2) is 17.8 Å². The van der Waals surface area contributed by atoms with Crippen molar-refractivity contribution in [1.29, 1.82) is 0 Å². The Morgan fingerprint density at radius 2 is 2.10 bits per heavy atom. The van der Waals surface area contributed by atoms with E-state index in [0.29, 0.717) is 12.2 Å². The number of halogens is 2. The summed E-state index contributed by atoms with van der Waals surface area (Å²) >= 11 is 0. The number of fused-ring (bicyclic) bond motifs is 1. The zero-order valence-corrected chi connectivity index (χ0v) is 11.2. The lowest BCUT2D eigenvalue weighted by molar-refractivity contribution is -0.286. The molecule has 1 aromatic carbocycles. The van der Waals surface area contributed by atoms with Gasteiger partial charge in [-0.15, -0.1) is 8.78 Å². The van der Waals surface area contributed by atoms with E-state index in [4.69, 9.17) is 9.47 Å². The fourth-order valence-electron chi connectivity index (χ4n) is 2.14. The molecule has 0 spiro atoms. The first kappa shape index (κ1) is 14.1. The monoisotopic (exact) mass is 296 g/mol. The molecular formula is C15H14F2O4. The zero-order chi connectivity index (χ0) is 14.7. The highest BCUT2D eigenvalue weighted by molar-refractivity contribution is 5.49. The predicted octanol–water partition coefficient (Wildman–Crippen LogP) is 2.90. The molecule has 0 saturated carbocycles. The van der Waals surface area contributed by atoms with Crippen molar-refractivity contribution >= 4 is 0 Å². The molecule has 6 heteroatoms. The molecule has 0 amide bonds. The zero-order valence-electron chi connectivity index (χ0n) is 11.2. The van der Waals surface area contributed by atoms with Crippen LogP contribution in [0.3, 0.4) is 0 Å². The summed E-state index contributed by atoms with van der Waals surface area (Å²) in [5.41, 5.74) is 0.559. The Balaban J connectivity index is 1.56. The van der Waals surface area contributed by atoms with Gasteiger partial charge >= 0.3 is 6.29 Å². The molecule has 0 aromatic heterocycles. The number of hydrogen-bond acceptors (Lipinski definition) is 4. The molecule has 0 aliphatic carbocycles. The molecule has 2 aliphatic rings. The molecule has 3 rings (SSSR count).